The van der Waals surface area contributed by atoms with Crippen molar-refractivity contribution in [3.63, 3.8) is 0 Å². The summed E-state index contributed by atoms with van der Waals surface area (Å²) in [5.41, 5.74) is 2.69. The number of halogens is 1. The van der Waals surface area contributed by atoms with Crippen molar-refractivity contribution in [3.8, 4) is 11.5 Å². The highest BCUT2D eigenvalue weighted by Crippen LogP contribution is 2.32. The summed E-state index contributed by atoms with van der Waals surface area (Å²) >= 11 is 4.74. The molecule has 1 amide bonds. The monoisotopic (exact) mass is 494 g/mol. The van der Waals surface area contributed by atoms with Crippen LogP contribution in [0.2, 0.25) is 0 Å². The number of amides is 1. The van der Waals surface area contributed by atoms with Gasteiger partial charge in [-0.2, -0.15) is 0 Å². The van der Waals surface area contributed by atoms with Crippen molar-refractivity contribution >= 4 is 50.5 Å². The minimum absolute atomic E-state index is 0.172. The maximum Gasteiger partial charge on any atom is 0.264 e. The Morgan fingerprint density at radius 1 is 1.03 bits per heavy atom. The molecule has 5 nitrogen and oxygen atoms in total. The van der Waals surface area contributed by atoms with Crippen molar-refractivity contribution in [2.45, 2.75) is 6.61 Å². The van der Waals surface area contributed by atoms with Crippen LogP contribution in [-0.4, -0.2) is 18.2 Å². The predicted molar refractivity (Wildman–Crippen MR) is 129 cm³/mol. The van der Waals surface area contributed by atoms with Crippen molar-refractivity contribution in [2.24, 2.45) is 4.99 Å². The second-order valence-electron chi connectivity index (χ2n) is 6.64. The van der Waals surface area contributed by atoms with E-state index in [1.807, 2.05) is 78.9 Å². The van der Waals surface area contributed by atoms with Crippen LogP contribution >= 0.6 is 27.7 Å². The van der Waals surface area contributed by atoms with Crippen molar-refractivity contribution in [1.82, 2.24) is 5.32 Å². The van der Waals surface area contributed by atoms with Gasteiger partial charge in [0.1, 0.15) is 6.61 Å². The molecular weight excluding hydrogens is 476 g/mol. The van der Waals surface area contributed by atoms with Crippen LogP contribution in [-0.2, 0) is 11.4 Å². The molecule has 0 unspecified atom stereocenters. The predicted octanol–water partition coefficient (Wildman–Crippen LogP) is 5.93. The van der Waals surface area contributed by atoms with E-state index in [1.165, 1.54) is 11.8 Å². The lowest BCUT2D eigenvalue weighted by molar-refractivity contribution is -0.115. The number of nitrogens with one attached hydrogen (secondary N) is 1. The largest absolute Gasteiger partial charge is 0.493 e. The number of thioether (sulfide) groups is 1. The molecule has 1 saturated heterocycles. The fraction of sp³-hybridized carbons (Fsp3) is 0.0833. The standard InChI is InChI=1S/C24H19BrN2O3S/c1-29-21-13-17(9-12-20(21)30-15-16-7-10-18(25)11-8-16)14-22-23(28)27-24(31-22)26-19-5-3-2-4-6-19/h2-14H,15H2,1H3,(H,26,27,28)/b22-14-. The lowest BCUT2D eigenvalue weighted by Gasteiger charge is -2.11. The third-order valence-corrected chi connectivity index (χ3v) is 5.87. The molecule has 0 atom stereocenters. The first-order valence-corrected chi connectivity index (χ1v) is 11.1. The summed E-state index contributed by atoms with van der Waals surface area (Å²) in [4.78, 5) is 17.4. The highest BCUT2D eigenvalue weighted by molar-refractivity contribution is 9.10. The summed E-state index contributed by atoms with van der Waals surface area (Å²) < 4.78 is 12.4. The van der Waals surface area contributed by atoms with Gasteiger partial charge in [-0.1, -0.05) is 52.3 Å². The summed E-state index contributed by atoms with van der Waals surface area (Å²) in [5.74, 6) is 1.07. The smallest absolute Gasteiger partial charge is 0.264 e. The molecule has 0 spiro atoms. The summed E-state index contributed by atoms with van der Waals surface area (Å²) in [6.45, 7) is 0.432. The molecule has 1 heterocycles. The Balaban J connectivity index is 1.48. The van der Waals surface area contributed by atoms with E-state index in [4.69, 9.17) is 9.47 Å². The Kier molecular flexibility index (Phi) is 6.74. The van der Waals surface area contributed by atoms with E-state index < -0.39 is 0 Å². The minimum atomic E-state index is -0.172. The van der Waals surface area contributed by atoms with Crippen molar-refractivity contribution in [2.75, 3.05) is 7.11 Å². The molecule has 4 rings (SSSR count). The summed E-state index contributed by atoms with van der Waals surface area (Å²) in [5, 5.41) is 3.36. The molecule has 1 N–H and O–H groups in total. The lowest BCUT2D eigenvalue weighted by atomic mass is 10.2. The van der Waals surface area contributed by atoms with Crippen LogP contribution in [0.4, 0.5) is 5.69 Å². The zero-order valence-electron chi connectivity index (χ0n) is 16.7. The first kappa shape index (κ1) is 21.2. The molecule has 3 aromatic rings. The number of aliphatic imine (C=N–C) groups is 1. The highest BCUT2D eigenvalue weighted by Gasteiger charge is 2.24. The molecule has 3 aromatic carbocycles. The second-order valence-corrected chi connectivity index (χ2v) is 8.59. The molecule has 1 fully saturated rings. The Morgan fingerprint density at radius 3 is 2.55 bits per heavy atom. The van der Waals surface area contributed by atoms with Gasteiger partial charge in [-0.05, 0) is 65.4 Å². The van der Waals surface area contributed by atoms with Crippen LogP contribution < -0.4 is 14.8 Å². The number of benzene rings is 3. The summed E-state index contributed by atoms with van der Waals surface area (Å²) in [7, 11) is 1.60. The number of amidine groups is 1. The molecule has 0 aromatic heterocycles. The van der Waals surface area contributed by atoms with Gasteiger partial charge < -0.3 is 14.8 Å². The van der Waals surface area contributed by atoms with Gasteiger partial charge in [0.2, 0.25) is 0 Å². The fourth-order valence-corrected chi connectivity index (χ4v) is 3.99. The first-order chi connectivity index (χ1) is 15.1. The van der Waals surface area contributed by atoms with Crippen LogP contribution in [0.15, 0.2) is 87.2 Å². The number of rotatable bonds is 6. The van der Waals surface area contributed by atoms with Gasteiger partial charge in [-0.15, -0.1) is 0 Å². The van der Waals surface area contributed by atoms with E-state index in [0.717, 1.165) is 21.3 Å². The van der Waals surface area contributed by atoms with Gasteiger partial charge in [0.05, 0.1) is 17.7 Å². The van der Waals surface area contributed by atoms with Crippen LogP contribution in [0.25, 0.3) is 6.08 Å². The van der Waals surface area contributed by atoms with Crippen LogP contribution in [0, 0.1) is 0 Å². The quantitative estimate of drug-likeness (QED) is 0.431. The number of methoxy groups -OCH3 is 1. The van der Waals surface area contributed by atoms with Crippen molar-refractivity contribution in [3.05, 3.63) is 93.3 Å². The molecule has 0 bridgehead atoms. The average molecular weight is 495 g/mol. The zero-order chi connectivity index (χ0) is 21.6. The zero-order valence-corrected chi connectivity index (χ0v) is 19.1. The van der Waals surface area contributed by atoms with Gasteiger partial charge in [0, 0.05) is 4.47 Å². The molecule has 0 saturated carbocycles. The second kappa shape index (κ2) is 9.85. The number of nitrogens with zero attached hydrogens (tertiary/aromatic N) is 1. The van der Waals surface area contributed by atoms with Crippen LogP contribution in [0.3, 0.4) is 0 Å². The number of para-hydroxylation sites is 1. The van der Waals surface area contributed by atoms with E-state index in [1.54, 1.807) is 7.11 Å². The molecular formula is C24H19BrN2O3S. The number of hydrogen-bond acceptors (Lipinski definition) is 5. The van der Waals surface area contributed by atoms with E-state index >= 15 is 0 Å². The summed E-state index contributed by atoms with van der Waals surface area (Å²) in [6, 6.07) is 23.1. The van der Waals surface area contributed by atoms with Gasteiger partial charge in [0.15, 0.2) is 16.7 Å². The first-order valence-electron chi connectivity index (χ1n) is 9.50. The van der Waals surface area contributed by atoms with Crippen LogP contribution in [0.1, 0.15) is 11.1 Å². The average Bonchev–Trinajstić information content (AvgIpc) is 3.13. The normalized spacial score (nSPS) is 15.9. The van der Waals surface area contributed by atoms with E-state index in [9.17, 15) is 4.79 Å². The van der Waals surface area contributed by atoms with Gasteiger partial charge in [-0.25, -0.2) is 4.99 Å². The Hall–Kier alpha value is -3.03. The Bertz CT molecular complexity index is 1150. The molecule has 0 aliphatic carbocycles. The van der Waals surface area contributed by atoms with Gasteiger partial charge >= 0.3 is 0 Å². The van der Waals surface area contributed by atoms with E-state index in [-0.39, 0.29) is 5.91 Å². The fourth-order valence-electron chi connectivity index (χ4n) is 2.89. The molecule has 0 radical (unpaired) electrons. The third kappa shape index (κ3) is 5.57. The number of ether oxygens (including phenoxy) is 2. The maximum atomic E-state index is 12.3. The molecule has 7 heteroatoms. The highest BCUT2D eigenvalue weighted by atomic mass is 79.9. The Morgan fingerprint density at radius 2 is 1.81 bits per heavy atom. The Labute approximate surface area is 193 Å². The summed E-state index contributed by atoms with van der Waals surface area (Å²) in [6.07, 6.45) is 1.81. The molecule has 31 heavy (non-hydrogen) atoms. The number of carbonyl (C=O) groups is 1. The van der Waals surface area contributed by atoms with E-state index in [2.05, 4.69) is 26.2 Å². The number of carbonyl (C=O) groups excluding carboxylic acids is 1. The SMILES string of the molecule is COc1cc(/C=C2\SC(=Nc3ccccc3)NC2=O)ccc1OCc1ccc(Br)cc1. The van der Waals surface area contributed by atoms with E-state index in [0.29, 0.717) is 28.2 Å². The molecule has 1 aliphatic rings. The van der Waals surface area contributed by atoms with Gasteiger partial charge in [-0.3, -0.25) is 4.79 Å². The maximum absolute atomic E-state index is 12.3. The molecule has 1 aliphatic heterocycles. The lowest BCUT2D eigenvalue weighted by Crippen LogP contribution is -2.19. The topological polar surface area (TPSA) is 59.9 Å². The molecule has 156 valence electrons. The van der Waals surface area contributed by atoms with Crippen molar-refractivity contribution < 1.29 is 14.3 Å². The van der Waals surface area contributed by atoms with Gasteiger partial charge in [0.25, 0.3) is 5.91 Å². The minimum Gasteiger partial charge on any atom is -0.493 e. The third-order valence-electron chi connectivity index (χ3n) is 4.43. The van der Waals surface area contributed by atoms with Crippen LogP contribution in [0.5, 0.6) is 11.5 Å². The van der Waals surface area contributed by atoms with Crippen molar-refractivity contribution in [1.29, 1.82) is 0 Å². The number of hydrogen-bond donors (Lipinski definition) is 1.